The van der Waals surface area contributed by atoms with Crippen molar-refractivity contribution < 1.29 is 18.3 Å². The van der Waals surface area contributed by atoms with E-state index in [9.17, 15) is 13.2 Å². The van der Waals surface area contributed by atoms with Gasteiger partial charge in [-0.15, -0.1) is 0 Å². The number of alkyl halides is 3. The SMILES string of the molecule is OCCCNc1nc(Nc2c(Cl)cccc2C(F)(F)F)cc(-c2cccnc2)n1. The number of rotatable bonds is 7. The molecule has 152 valence electrons. The fourth-order valence-electron chi connectivity index (χ4n) is 2.55. The molecule has 0 radical (unpaired) electrons. The van der Waals surface area contributed by atoms with E-state index >= 15 is 0 Å². The van der Waals surface area contributed by atoms with E-state index in [-0.39, 0.29) is 29.1 Å². The Morgan fingerprint density at radius 1 is 1.10 bits per heavy atom. The highest BCUT2D eigenvalue weighted by molar-refractivity contribution is 6.33. The standard InChI is InChI=1S/C19H17ClF3N5O/c20-14-6-1-5-13(19(21,22)23)17(14)27-16-10-15(12-4-2-7-24-11-12)26-18(28-16)25-8-3-9-29/h1-2,4-7,10-11,29H,3,8-9H2,(H2,25,26,27,28). The van der Waals surface area contributed by atoms with Gasteiger partial charge in [0.15, 0.2) is 0 Å². The Balaban J connectivity index is 2.02. The van der Waals surface area contributed by atoms with Gasteiger partial charge in [-0.1, -0.05) is 17.7 Å². The van der Waals surface area contributed by atoms with Crippen molar-refractivity contribution in [2.75, 3.05) is 23.8 Å². The summed E-state index contributed by atoms with van der Waals surface area (Å²) in [5, 5.41) is 14.5. The van der Waals surface area contributed by atoms with Crippen LogP contribution in [0.4, 0.5) is 30.6 Å². The number of nitrogens with zero attached hydrogens (tertiary/aromatic N) is 3. The normalized spacial score (nSPS) is 11.3. The van der Waals surface area contributed by atoms with E-state index in [2.05, 4.69) is 25.6 Å². The number of halogens is 4. The summed E-state index contributed by atoms with van der Waals surface area (Å²) in [5.74, 6) is 0.326. The van der Waals surface area contributed by atoms with Crippen LogP contribution >= 0.6 is 11.6 Å². The first-order chi connectivity index (χ1) is 13.9. The van der Waals surface area contributed by atoms with Crippen LogP contribution in [0.2, 0.25) is 5.02 Å². The molecule has 2 heterocycles. The highest BCUT2D eigenvalue weighted by Gasteiger charge is 2.34. The number of pyridine rings is 1. The largest absolute Gasteiger partial charge is 0.418 e. The molecule has 0 saturated carbocycles. The third-order valence-corrected chi connectivity index (χ3v) is 4.19. The predicted molar refractivity (Wildman–Crippen MR) is 105 cm³/mol. The van der Waals surface area contributed by atoms with E-state index in [1.165, 1.54) is 18.2 Å². The van der Waals surface area contributed by atoms with Gasteiger partial charge >= 0.3 is 6.18 Å². The van der Waals surface area contributed by atoms with Crippen molar-refractivity contribution in [3.05, 3.63) is 59.4 Å². The summed E-state index contributed by atoms with van der Waals surface area (Å²) in [6.45, 7) is 0.376. The summed E-state index contributed by atoms with van der Waals surface area (Å²) in [4.78, 5) is 12.6. The van der Waals surface area contributed by atoms with Gasteiger partial charge in [0, 0.05) is 37.2 Å². The van der Waals surface area contributed by atoms with Crippen LogP contribution in [-0.4, -0.2) is 33.2 Å². The summed E-state index contributed by atoms with van der Waals surface area (Å²) >= 11 is 6.03. The molecule has 6 nitrogen and oxygen atoms in total. The fraction of sp³-hybridized carbons (Fsp3) is 0.211. The Morgan fingerprint density at radius 3 is 2.62 bits per heavy atom. The molecular formula is C19H17ClF3N5O. The molecule has 0 bridgehead atoms. The first kappa shape index (κ1) is 20.8. The second kappa shape index (κ2) is 9.06. The first-order valence-electron chi connectivity index (χ1n) is 8.65. The quantitative estimate of drug-likeness (QED) is 0.476. The maximum Gasteiger partial charge on any atom is 0.418 e. The van der Waals surface area contributed by atoms with Crippen LogP contribution < -0.4 is 10.6 Å². The van der Waals surface area contributed by atoms with Crippen LogP contribution in [-0.2, 0) is 6.18 Å². The van der Waals surface area contributed by atoms with Gasteiger partial charge in [-0.3, -0.25) is 4.98 Å². The zero-order valence-electron chi connectivity index (χ0n) is 15.0. The van der Waals surface area contributed by atoms with E-state index in [4.69, 9.17) is 16.7 Å². The minimum Gasteiger partial charge on any atom is -0.396 e. The van der Waals surface area contributed by atoms with Crippen LogP contribution in [0, 0.1) is 0 Å². The fourth-order valence-corrected chi connectivity index (χ4v) is 2.77. The lowest BCUT2D eigenvalue weighted by Crippen LogP contribution is -2.11. The number of hydrogen-bond acceptors (Lipinski definition) is 6. The summed E-state index contributed by atoms with van der Waals surface area (Å²) in [7, 11) is 0. The minimum atomic E-state index is -4.59. The maximum absolute atomic E-state index is 13.4. The molecule has 0 amide bonds. The average molecular weight is 424 g/mol. The van der Waals surface area contributed by atoms with E-state index in [0.717, 1.165) is 6.07 Å². The van der Waals surface area contributed by atoms with Crippen molar-refractivity contribution in [1.82, 2.24) is 15.0 Å². The highest BCUT2D eigenvalue weighted by Crippen LogP contribution is 2.39. The number of nitrogens with one attached hydrogen (secondary N) is 2. The number of hydrogen-bond donors (Lipinski definition) is 3. The van der Waals surface area contributed by atoms with Gasteiger partial charge in [-0.2, -0.15) is 18.2 Å². The summed E-state index contributed by atoms with van der Waals surface area (Å²) in [5.41, 5.74) is -0.0683. The van der Waals surface area contributed by atoms with Crippen LogP contribution in [0.5, 0.6) is 0 Å². The minimum absolute atomic E-state index is 0.0189. The zero-order valence-corrected chi connectivity index (χ0v) is 15.8. The van der Waals surface area contributed by atoms with Gasteiger partial charge in [0.1, 0.15) is 5.82 Å². The van der Waals surface area contributed by atoms with Gasteiger partial charge in [0.2, 0.25) is 5.95 Å². The highest BCUT2D eigenvalue weighted by atomic mass is 35.5. The molecule has 29 heavy (non-hydrogen) atoms. The molecule has 0 aliphatic carbocycles. The third-order valence-electron chi connectivity index (χ3n) is 3.87. The van der Waals surface area contributed by atoms with Gasteiger partial charge in [-0.25, -0.2) is 4.98 Å². The molecule has 0 atom stereocenters. The summed E-state index contributed by atoms with van der Waals surface area (Å²) in [6, 6.07) is 8.55. The Labute approximate surface area is 169 Å². The Morgan fingerprint density at radius 2 is 1.93 bits per heavy atom. The monoisotopic (exact) mass is 423 g/mol. The van der Waals surface area contributed by atoms with Crippen LogP contribution in [0.1, 0.15) is 12.0 Å². The van der Waals surface area contributed by atoms with E-state index in [1.54, 1.807) is 24.5 Å². The van der Waals surface area contributed by atoms with Gasteiger partial charge in [0.05, 0.1) is 22.0 Å². The molecule has 2 aromatic heterocycles. The molecular weight excluding hydrogens is 407 g/mol. The average Bonchev–Trinajstić information content (AvgIpc) is 2.69. The first-order valence-corrected chi connectivity index (χ1v) is 9.03. The molecule has 3 aromatic rings. The van der Waals surface area contributed by atoms with E-state index < -0.39 is 11.7 Å². The topological polar surface area (TPSA) is 83.0 Å². The number of para-hydroxylation sites is 1. The van der Waals surface area contributed by atoms with Crippen molar-refractivity contribution in [3.8, 4) is 11.3 Å². The van der Waals surface area contributed by atoms with Crippen molar-refractivity contribution in [1.29, 1.82) is 0 Å². The summed E-state index contributed by atoms with van der Waals surface area (Å²) < 4.78 is 40.2. The lowest BCUT2D eigenvalue weighted by atomic mass is 10.1. The van der Waals surface area contributed by atoms with Crippen molar-refractivity contribution in [2.45, 2.75) is 12.6 Å². The molecule has 10 heteroatoms. The molecule has 0 unspecified atom stereocenters. The Kier molecular flexibility index (Phi) is 6.50. The molecule has 3 N–H and O–H groups in total. The molecule has 1 aromatic carbocycles. The zero-order chi connectivity index (χ0) is 20.9. The maximum atomic E-state index is 13.4. The second-order valence-corrected chi connectivity index (χ2v) is 6.40. The Hall–Kier alpha value is -2.91. The number of aliphatic hydroxyl groups is 1. The van der Waals surface area contributed by atoms with Crippen molar-refractivity contribution in [3.63, 3.8) is 0 Å². The van der Waals surface area contributed by atoms with Gasteiger partial charge < -0.3 is 15.7 Å². The van der Waals surface area contributed by atoms with E-state index in [1.807, 2.05) is 0 Å². The molecule has 0 fully saturated rings. The third kappa shape index (κ3) is 5.33. The molecule has 0 spiro atoms. The molecule has 0 aliphatic rings. The predicted octanol–water partition coefficient (Wildman–Crippen LogP) is 4.75. The van der Waals surface area contributed by atoms with Crippen molar-refractivity contribution >= 4 is 29.1 Å². The lowest BCUT2D eigenvalue weighted by Gasteiger charge is -2.16. The molecule has 0 saturated heterocycles. The van der Waals surface area contributed by atoms with Crippen LogP contribution in [0.15, 0.2) is 48.8 Å². The van der Waals surface area contributed by atoms with Gasteiger partial charge in [0.25, 0.3) is 0 Å². The number of aliphatic hydroxyl groups excluding tert-OH is 1. The number of anilines is 3. The van der Waals surface area contributed by atoms with E-state index in [0.29, 0.717) is 24.2 Å². The summed E-state index contributed by atoms with van der Waals surface area (Å²) in [6.07, 6.45) is -0.940. The molecule has 3 rings (SSSR count). The Bertz CT molecular complexity index is 970. The lowest BCUT2D eigenvalue weighted by molar-refractivity contribution is -0.136. The van der Waals surface area contributed by atoms with Gasteiger partial charge in [-0.05, 0) is 30.7 Å². The van der Waals surface area contributed by atoms with Crippen molar-refractivity contribution in [2.24, 2.45) is 0 Å². The smallest absolute Gasteiger partial charge is 0.396 e. The number of aromatic nitrogens is 3. The van der Waals surface area contributed by atoms with Crippen LogP contribution in [0.3, 0.4) is 0 Å². The van der Waals surface area contributed by atoms with Crippen LogP contribution in [0.25, 0.3) is 11.3 Å². The molecule has 0 aliphatic heterocycles. The second-order valence-electron chi connectivity index (χ2n) is 5.99. The number of benzene rings is 1.